The normalized spacial score (nSPS) is 30.6. The Labute approximate surface area is 115 Å². The van der Waals surface area contributed by atoms with E-state index in [1.807, 2.05) is 13.8 Å². The monoisotopic (exact) mass is 266 g/mol. The quantitative estimate of drug-likeness (QED) is 0.845. The van der Waals surface area contributed by atoms with Crippen molar-refractivity contribution in [3.05, 3.63) is 0 Å². The van der Waals surface area contributed by atoms with E-state index in [0.29, 0.717) is 24.7 Å². The lowest BCUT2D eigenvalue weighted by Crippen LogP contribution is -2.66. The van der Waals surface area contributed by atoms with Gasteiger partial charge in [-0.3, -0.25) is 9.59 Å². The zero-order chi connectivity index (χ0) is 14.0. The van der Waals surface area contributed by atoms with Crippen LogP contribution in [-0.2, 0) is 9.59 Å². The largest absolute Gasteiger partial charge is 0.340 e. The average Bonchev–Trinajstić information content (AvgIpc) is 2.79. The molecule has 2 aliphatic rings. The molecule has 2 atom stereocenters. The van der Waals surface area contributed by atoms with Gasteiger partial charge in [-0.15, -0.1) is 0 Å². The van der Waals surface area contributed by atoms with Crippen molar-refractivity contribution >= 4 is 11.8 Å². The first-order valence-corrected chi connectivity index (χ1v) is 7.62. The number of carbonyl (C=O) groups excluding carboxylic acids is 2. The summed E-state index contributed by atoms with van der Waals surface area (Å²) >= 11 is 0. The minimum atomic E-state index is -0.656. The van der Waals surface area contributed by atoms with Crippen molar-refractivity contribution in [1.82, 2.24) is 10.2 Å². The lowest BCUT2D eigenvalue weighted by atomic mass is 9.88. The van der Waals surface area contributed by atoms with E-state index < -0.39 is 5.54 Å². The third kappa shape index (κ3) is 2.63. The highest BCUT2D eigenvalue weighted by molar-refractivity contribution is 5.97. The molecule has 1 heterocycles. The summed E-state index contributed by atoms with van der Waals surface area (Å²) < 4.78 is 0. The molecule has 1 N–H and O–H groups in total. The number of amides is 2. The highest BCUT2D eigenvalue weighted by Crippen LogP contribution is 2.33. The number of hydrogen-bond acceptors (Lipinski definition) is 2. The average molecular weight is 266 g/mol. The molecule has 1 saturated heterocycles. The third-order valence-corrected chi connectivity index (χ3v) is 5.11. The second-order valence-electron chi connectivity index (χ2n) is 6.19. The van der Waals surface area contributed by atoms with Crippen LogP contribution < -0.4 is 5.32 Å². The van der Waals surface area contributed by atoms with Gasteiger partial charge in [-0.2, -0.15) is 0 Å². The van der Waals surface area contributed by atoms with Crippen molar-refractivity contribution in [3.8, 4) is 0 Å². The summed E-state index contributed by atoms with van der Waals surface area (Å²) in [6.45, 7) is 7.21. The molecule has 0 aromatic carbocycles. The van der Waals surface area contributed by atoms with Crippen molar-refractivity contribution < 1.29 is 9.59 Å². The fourth-order valence-electron chi connectivity index (χ4n) is 3.56. The molecule has 4 nitrogen and oxygen atoms in total. The molecule has 108 valence electrons. The van der Waals surface area contributed by atoms with Crippen LogP contribution in [-0.4, -0.2) is 35.3 Å². The lowest BCUT2D eigenvalue weighted by molar-refractivity contribution is -0.151. The summed E-state index contributed by atoms with van der Waals surface area (Å²) in [5, 5.41) is 2.91. The van der Waals surface area contributed by atoms with Gasteiger partial charge in [0.05, 0.1) is 6.54 Å². The molecule has 2 unspecified atom stereocenters. The van der Waals surface area contributed by atoms with Crippen molar-refractivity contribution in [2.75, 3.05) is 13.1 Å². The molecule has 0 radical (unpaired) electrons. The molecule has 1 saturated carbocycles. The predicted octanol–water partition coefficient (Wildman–Crippen LogP) is 1.94. The third-order valence-electron chi connectivity index (χ3n) is 5.11. The number of nitrogens with zero attached hydrogens (tertiary/aromatic N) is 1. The van der Waals surface area contributed by atoms with Gasteiger partial charge in [0.25, 0.3) is 0 Å². The van der Waals surface area contributed by atoms with Crippen LogP contribution in [0.4, 0.5) is 0 Å². The highest BCUT2D eigenvalue weighted by atomic mass is 16.2. The first-order valence-electron chi connectivity index (χ1n) is 7.62. The summed E-state index contributed by atoms with van der Waals surface area (Å²) in [7, 11) is 0. The fraction of sp³-hybridized carbons (Fsp3) is 0.867. The number of nitrogens with one attached hydrogen (secondary N) is 1. The van der Waals surface area contributed by atoms with Crippen LogP contribution in [0.5, 0.6) is 0 Å². The van der Waals surface area contributed by atoms with E-state index in [1.54, 1.807) is 4.90 Å². The van der Waals surface area contributed by atoms with Gasteiger partial charge in [-0.25, -0.2) is 0 Å². The molecule has 0 aromatic heterocycles. The SMILES string of the molecule is CCC1(CC)NC(=O)CN(CC2CCCC2C)C1=O. The summed E-state index contributed by atoms with van der Waals surface area (Å²) in [4.78, 5) is 26.4. The minimum absolute atomic E-state index is 0.00560. The number of piperazine rings is 1. The molecule has 1 aliphatic carbocycles. The van der Waals surface area contributed by atoms with E-state index >= 15 is 0 Å². The lowest BCUT2D eigenvalue weighted by Gasteiger charge is -2.42. The molecule has 4 heteroatoms. The summed E-state index contributed by atoms with van der Waals surface area (Å²) in [5.74, 6) is 1.36. The van der Waals surface area contributed by atoms with Crippen LogP contribution >= 0.6 is 0 Å². The van der Waals surface area contributed by atoms with Gasteiger partial charge in [0.2, 0.25) is 11.8 Å². The minimum Gasteiger partial charge on any atom is -0.340 e. The van der Waals surface area contributed by atoms with E-state index in [4.69, 9.17) is 0 Å². The molecule has 0 spiro atoms. The second kappa shape index (κ2) is 5.51. The van der Waals surface area contributed by atoms with Crippen LogP contribution in [0.25, 0.3) is 0 Å². The summed E-state index contributed by atoms with van der Waals surface area (Å²) in [5.41, 5.74) is -0.656. The van der Waals surface area contributed by atoms with Gasteiger partial charge in [0, 0.05) is 6.54 Å². The topological polar surface area (TPSA) is 49.4 Å². The molecule has 2 rings (SSSR count). The Kier molecular flexibility index (Phi) is 4.16. The maximum atomic E-state index is 12.7. The maximum absolute atomic E-state index is 12.7. The van der Waals surface area contributed by atoms with E-state index in [9.17, 15) is 9.59 Å². The Bertz CT molecular complexity index is 363. The van der Waals surface area contributed by atoms with Crippen molar-refractivity contribution in [2.24, 2.45) is 11.8 Å². The Morgan fingerprint density at radius 1 is 1.26 bits per heavy atom. The molecule has 2 fully saturated rings. The smallest absolute Gasteiger partial charge is 0.248 e. The van der Waals surface area contributed by atoms with Gasteiger partial charge in [0.15, 0.2) is 0 Å². The molecule has 0 aromatic rings. The van der Waals surface area contributed by atoms with Gasteiger partial charge >= 0.3 is 0 Å². The Morgan fingerprint density at radius 2 is 1.95 bits per heavy atom. The first kappa shape index (κ1) is 14.4. The first-order chi connectivity index (χ1) is 9.02. The molecular formula is C15H26N2O2. The van der Waals surface area contributed by atoms with Crippen molar-refractivity contribution in [1.29, 1.82) is 0 Å². The number of hydrogen-bond donors (Lipinski definition) is 1. The van der Waals surface area contributed by atoms with E-state index in [0.717, 1.165) is 6.54 Å². The van der Waals surface area contributed by atoms with E-state index in [1.165, 1.54) is 19.3 Å². The Balaban J connectivity index is 2.11. The van der Waals surface area contributed by atoms with Crippen molar-refractivity contribution in [2.45, 2.75) is 58.4 Å². The second-order valence-corrected chi connectivity index (χ2v) is 6.19. The van der Waals surface area contributed by atoms with E-state index in [-0.39, 0.29) is 18.4 Å². The van der Waals surface area contributed by atoms with Crippen LogP contribution in [0.15, 0.2) is 0 Å². The fourth-order valence-corrected chi connectivity index (χ4v) is 3.56. The summed E-state index contributed by atoms with van der Waals surface area (Å²) in [6, 6.07) is 0. The molecule has 1 aliphatic heterocycles. The van der Waals surface area contributed by atoms with Crippen molar-refractivity contribution in [3.63, 3.8) is 0 Å². The summed E-state index contributed by atoms with van der Waals surface area (Å²) in [6.07, 6.45) is 5.05. The van der Waals surface area contributed by atoms with Gasteiger partial charge in [-0.1, -0.05) is 33.6 Å². The Morgan fingerprint density at radius 3 is 2.47 bits per heavy atom. The highest BCUT2D eigenvalue weighted by Gasteiger charge is 2.44. The van der Waals surface area contributed by atoms with Gasteiger partial charge in [0.1, 0.15) is 5.54 Å². The molecule has 19 heavy (non-hydrogen) atoms. The maximum Gasteiger partial charge on any atom is 0.248 e. The molecular weight excluding hydrogens is 240 g/mol. The van der Waals surface area contributed by atoms with Gasteiger partial charge in [-0.05, 0) is 31.1 Å². The zero-order valence-electron chi connectivity index (χ0n) is 12.4. The molecule has 2 amide bonds. The number of carbonyl (C=O) groups is 2. The standard InChI is InChI=1S/C15H26N2O2/c1-4-15(5-2)14(19)17(10-13(18)16-15)9-12-8-6-7-11(12)3/h11-12H,4-10H2,1-3H3,(H,16,18). The zero-order valence-corrected chi connectivity index (χ0v) is 12.4. The predicted molar refractivity (Wildman–Crippen MR) is 74.5 cm³/mol. The number of rotatable bonds is 4. The van der Waals surface area contributed by atoms with E-state index in [2.05, 4.69) is 12.2 Å². The van der Waals surface area contributed by atoms with Crippen LogP contribution in [0.3, 0.4) is 0 Å². The molecule has 0 bridgehead atoms. The van der Waals surface area contributed by atoms with Crippen LogP contribution in [0.1, 0.15) is 52.9 Å². The Hall–Kier alpha value is -1.06. The van der Waals surface area contributed by atoms with Crippen LogP contribution in [0.2, 0.25) is 0 Å². The van der Waals surface area contributed by atoms with Gasteiger partial charge < -0.3 is 10.2 Å². The van der Waals surface area contributed by atoms with Crippen LogP contribution in [0, 0.1) is 11.8 Å².